The Kier molecular flexibility index (Phi) is 4.99. The van der Waals surface area contributed by atoms with Gasteiger partial charge in [0.15, 0.2) is 18.1 Å². The quantitative estimate of drug-likeness (QED) is 0.681. The minimum absolute atomic E-state index is 0.308. The fourth-order valence-corrected chi connectivity index (χ4v) is 2.89. The second-order valence-electron chi connectivity index (χ2n) is 6.58. The van der Waals surface area contributed by atoms with Gasteiger partial charge in [-0.05, 0) is 44.2 Å². The van der Waals surface area contributed by atoms with E-state index < -0.39 is 18.5 Å². The van der Waals surface area contributed by atoms with E-state index in [1.807, 2.05) is 13.8 Å². The average Bonchev–Trinajstić information content (AvgIpc) is 2.72. The summed E-state index contributed by atoms with van der Waals surface area (Å²) in [5, 5.41) is 2.67. The molecule has 1 amide bonds. The molecule has 2 heterocycles. The van der Waals surface area contributed by atoms with Crippen LogP contribution in [0.1, 0.15) is 21.7 Å². The molecule has 1 N–H and O–H groups in total. The van der Waals surface area contributed by atoms with Crippen LogP contribution in [-0.2, 0) is 9.53 Å². The molecule has 0 saturated carbocycles. The van der Waals surface area contributed by atoms with Crippen molar-refractivity contribution in [3.63, 3.8) is 0 Å². The third-order valence-electron chi connectivity index (χ3n) is 4.47. The number of anilines is 1. The van der Waals surface area contributed by atoms with Crippen LogP contribution in [0, 0.1) is 13.8 Å². The number of hydrogen-bond acceptors (Lipinski definition) is 7. The summed E-state index contributed by atoms with van der Waals surface area (Å²) in [6.45, 7) is 4.27. The largest absolute Gasteiger partial charge is 0.486 e. The van der Waals surface area contributed by atoms with Crippen LogP contribution >= 0.6 is 0 Å². The highest BCUT2D eigenvalue weighted by atomic mass is 16.6. The Morgan fingerprint density at radius 2 is 1.69 bits per heavy atom. The lowest BCUT2D eigenvalue weighted by molar-refractivity contribution is -0.119. The lowest BCUT2D eigenvalue weighted by Crippen LogP contribution is -2.21. The minimum atomic E-state index is -0.607. The van der Waals surface area contributed by atoms with Gasteiger partial charge in [-0.1, -0.05) is 0 Å². The molecule has 29 heavy (non-hydrogen) atoms. The maximum absolute atomic E-state index is 12.3. The fourth-order valence-electron chi connectivity index (χ4n) is 2.89. The molecule has 8 heteroatoms. The zero-order valence-electron chi connectivity index (χ0n) is 16.0. The summed E-state index contributed by atoms with van der Waals surface area (Å²) in [4.78, 5) is 33.3. The Morgan fingerprint density at radius 3 is 2.48 bits per heavy atom. The number of hydrogen-bond donors (Lipinski definition) is 1. The Balaban J connectivity index is 1.38. The molecule has 2 aromatic carbocycles. The maximum atomic E-state index is 12.3. The molecule has 1 aliphatic heterocycles. The van der Waals surface area contributed by atoms with Gasteiger partial charge in [0.25, 0.3) is 5.91 Å². The van der Waals surface area contributed by atoms with Crippen molar-refractivity contribution in [1.82, 2.24) is 9.97 Å². The van der Waals surface area contributed by atoms with Crippen molar-refractivity contribution in [2.24, 2.45) is 0 Å². The van der Waals surface area contributed by atoms with Gasteiger partial charge < -0.3 is 19.5 Å². The summed E-state index contributed by atoms with van der Waals surface area (Å²) in [7, 11) is 0. The molecular weight excluding hydrogens is 374 g/mol. The van der Waals surface area contributed by atoms with Gasteiger partial charge in [-0.25, -0.2) is 14.8 Å². The molecule has 0 radical (unpaired) electrons. The first kappa shape index (κ1) is 18.7. The molecule has 148 valence electrons. The van der Waals surface area contributed by atoms with Crippen LogP contribution in [0.2, 0.25) is 0 Å². The molecule has 0 saturated heterocycles. The molecule has 1 aliphatic rings. The number of esters is 1. The van der Waals surface area contributed by atoms with E-state index in [-0.39, 0.29) is 0 Å². The summed E-state index contributed by atoms with van der Waals surface area (Å²) in [5.74, 6) is 0.130. The van der Waals surface area contributed by atoms with Gasteiger partial charge in [0.2, 0.25) is 0 Å². The maximum Gasteiger partial charge on any atom is 0.338 e. The summed E-state index contributed by atoms with van der Waals surface area (Å²) in [6.07, 6.45) is 0. The molecule has 0 aliphatic carbocycles. The molecule has 0 atom stereocenters. The molecule has 0 fully saturated rings. The van der Waals surface area contributed by atoms with Crippen LogP contribution < -0.4 is 14.8 Å². The number of amides is 1. The molecule has 0 bridgehead atoms. The first-order chi connectivity index (χ1) is 14.0. The predicted molar refractivity (Wildman–Crippen MR) is 105 cm³/mol. The zero-order chi connectivity index (χ0) is 20.4. The van der Waals surface area contributed by atoms with E-state index in [4.69, 9.17) is 14.2 Å². The number of fused-ring (bicyclic) bond motifs is 2. The van der Waals surface area contributed by atoms with Gasteiger partial charge in [0.05, 0.1) is 28.0 Å². The van der Waals surface area contributed by atoms with E-state index in [0.29, 0.717) is 47.0 Å². The molecule has 8 nitrogen and oxygen atoms in total. The summed E-state index contributed by atoms with van der Waals surface area (Å²) in [6, 6.07) is 10.00. The van der Waals surface area contributed by atoms with Crippen LogP contribution in [0.15, 0.2) is 36.4 Å². The molecule has 1 aromatic heterocycles. The molecule has 0 unspecified atom stereocenters. The number of nitrogens with one attached hydrogen (secondary N) is 1. The normalized spacial score (nSPS) is 12.5. The number of benzene rings is 2. The highest BCUT2D eigenvalue weighted by molar-refractivity contribution is 5.97. The van der Waals surface area contributed by atoms with Crippen LogP contribution in [0.5, 0.6) is 11.5 Å². The summed E-state index contributed by atoms with van der Waals surface area (Å²) < 4.78 is 16.0. The molecule has 4 rings (SSSR count). The van der Waals surface area contributed by atoms with Gasteiger partial charge in [-0.15, -0.1) is 0 Å². The molecule has 0 spiro atoms. The van der Waals surface area contributed by atoms with E-state index in [0.717, 1.165) is 11.4 Å². The number of aryl methyl sites for hydroxylation is 2. The van der Waals surface area contributed by atoms with Crippen molar-refractivity contribution in [1.29, 1.82) is 0 Å². The zero-order valence-corrected chi connectivity index (χ0v) is 16.0. The third kappa shape index (κ3) is 4.11. The second-order valence-corrected chi connectivity index (χ2v) is 6.58. The van der Waals surface area contributed by atoms with Gasteiger partial charge in [0, 0.05) is 11.8 Å². The number of ether oxygens (including phenoxy) is 3. The van der Waals surface area contributed by atoms with Crippen LogP contribution in [-0.4, -0.2) is 41.7 Å². The van der Waals surface area contributed by atoms with Gasteiger partial charge in [0.1, 0.15) is 13.2 Å². The Bertz CT molecular complexity index is 1110. The minimum Gasteiger partial charge on any atom is -0.486 e. The first-order valence-corrected chi connectivity index (χ1v) is 9.11. The first-order valence-electron chi connectivity index (χ1n) is 9.11. The average molecular weight is 393 g/mol. The smallest absolute Gasteiger partial charge is 0.338 e. The SMILES string of the molecule is Cc1nc2ccc(C(=O)OCC(=O)Nc3ccc4c(c3)OCCO4)cc2nc1C. The standard InChI is InChI=1S/C21H19N3O5/c1-12-13(2)23-17-9-14(3-5-16(17)22-12)21(26)29-11-20(25)24-15-4-6-18-19(10-15)28-8-7-27-18/h3-6,9-10H,7-8,11H2,1-2H3,(H,24,25). The highest BCUT2D eigenvalue weighted by Crippen LogP contribution is 2.32. The summed E-state index contributed by atoms with van der Waals surface area (Å²) in [5.41, 5.74) is 3.76. The number of nitrogens with zero attached hydrogens (tertiary/aromatic N) is 2. The van der Waals surface area contributed by atoms with Crippen LogP contribution in [0.3, 0.4) is 0 Å². The predicted octanol–water partition coefficient (Wildman–Crippen LogP) is 2.81. The topological polar surface area (TPSA) is 99.6 Å². The monoisotopic (exact) mass is 393 g/mol. The van der Waals surface area contributed by atoms with Gasteiger partial charge in [-0.3, -0.25) is 4.79 Å². The van der Waals surface area contributed by atoms with Gasteiger partial charge >= 0.3 is 5.97 Å². The highest BCUT2D eigenvalue weighted by Gasteiger charge is 2.15. The second kappa shape index (κ2) is 7.75. The van der Waals surface area contributed by atoms with E-state index in [9.17, 15) is 9.59 Å². The van der Waals surface area contributed by atoms with Crippen LogP contribution in [0.25, 0.3) is 11.0 Å². The van der Waals surface area contributed by atoms with E-state index in [1.165, 1.54) is 0 Å². The van der Waals surface area contributed by atoms with Gasteiger partial charge in [-0.2, -0.15) is 0 Å². The van der Waals surface area contributed by atoms with Crippen molar-refractivity contribution in [3.8, 4) is 11.5 Å². The third-order valence-corrected chi connectivity index (χ3v) is 4.47. The number of carbonyl (C=O) groups is 2. The van der Waals surface area contributed by atoms with Crippen molar-refractivity contribution in [3.05, 3.63) is 53.3 Å². The Morgan fingerprint density at radius 1 is 0.966 bits per heavy atom. The lowest BCUT2D eigenvalue weighted by atomic mass is 10.2. The Labute approximate surface area is 166 Å². The molecule has 3 aromatic rings. The number of aromatic nitrogens is 2. The number of carbonyl (C=O) groups excluding carboxylic acids is 2. The molecular formula is C21H19N3O5. The van der Waals surface area contributed by atoms with Crippen LogP contribution in [0.4, 0.5) is 5.69 Å². The van der Waals surface area contributed by atoms with Crippen molar-refractivity contribution < 1.29 is 23.8 Å². The fraction of sp³-hybridized carbons (Fsp3) is 0.238. The lowest BCUT2D eigenvalue weighted by Gasteiger charge is -2.19. The Hall–Kier alpha value is -3.68. The summed E-state index contributed by atoms with van der Waals surface area (Å²) >= 11 is 0. The van der Waals surface area contributed by atoms with E-state index in [2.05, 4.69) is 15.3 Å². The van der Waals surface area contributed by atoms with Crippen molar-refractivity contribution in [2.75, 3.05) is 25.1 Å². The number of rotatable bonds is 4. The van der Waals surface area contributed by atoms with E-state index in [1.54, 1.807) is 36.4 Å². The van der Waals surface area contributed by atoms with Crippen molar-refractivity contribution >= 4 is 28.6 Å². The van der Waals surface area contributed by atoms with E-state index >= 15 is 0 Å². The van der Waals surface area contributed by atoms with Crippen molar-refractivity contribution in [2.45, 2.75) is 13.8 Å².